The molecule has 1 aromatic carbocycles. The van der Waals surface area contributed by atoms with Gasteiger partial charge in [-0.15, -0.1) is 9.46 Å². The molecule has 0 aliphatic heterocycles. The molecule has 1 heterocycles. The molecule has 74 valence electrons. The minimum Gasteiger partial charge on any atom is -0.423 e. The number of aryl methyl sites for hydroxylation is 1. The van der Waals surface area contributed by atoms with Crippen molar-refractivity contribution in [3.63, 3.8) is 0 Å². The molecule has 5 nitrogen and oxygen atoms in total. The fourth-order valence-electron chi connectivity index (χ4n) is 1.57. The van der Waals surface area contributed by atoms with Crippen molar-refractivity contribution in [2.24, 2.45) is 0 Å². The van der Waals surface area contributed by atoms with Gasteiger partial charge >= 0.3 is 5.69 Å². The minimum absolute atomic E-state index is 0.317. The number of imidazole rings is 1. The smallest absolute Gasteiger partial charge is 0.394 e. The van der Waals surface area contributed by atoms with Crippen molar-refractivity contribution in [1.29, 1.82) is 0 Å². The molecule has 0 saturated carbocycles. The zero-order valence-electron chi connectivity index (χ0n) is 7.64. The first kappa shape index (κ1) is 8.68. The lowest BCUT2D eigenvalue weighted by atomic mass is 10.1. The molecule has 1 aromatic heterocycles. The van der Waals surface area contributed by atoms with Crippen LogP contribution in [0.5, 0.6) is 0 Å². The van der Waals surface area contributed by atoms with Crippen molar-refractivity contribution >= 4 is 11.0 Å². The number of rotatable bonds is 1. The molecule has 0 aliphatic carbocycles. The number of aromatic nitrogens is 2. The second-order valence-electron chi connectivity index (χ2n) is 3.04. The van der Waals surface area contributed by atoms with Crippen LogP contribution in [0, 0.1) is 0 Å². The number of fused-ring (bicyclic) bond motifs is 1. The van der Waals surface area contributed by atoms with E-state index in [1.165, 1.54) is 0 Å². The number of benzene rings is 1. The topological polar surface area (TPSA) is 67.4 Å². The summed E-state index contributed by atoms with van der Waals surface area (Å²) in [5.74, 6) is 0. The third kappa shape index (κ3) is 0.921. The Balaban J connectivity index is 3.02. The van der Waals surface area contributed by atoms with Crippen molar-refractivity contribution in [2.75, 3.05) is 0 Å². The molecule has 2 N–H and O–H groups in total. The van der Waals surface area contributed by atoms with E-state index in [4.69, 9.17) is 0 Å². The van der Waals surface area contributed by atoms with Gasteiger partial charge in [-0.1, -0.05) is 19.1 Å². The Hall–Kier alpha value is -1.91. The van der Waals surface area contributed by atoms with Crippen LogP contribution in [0.15, 0.2) is 23.0 Å². The quantitative estimate of drug-likeness (QED) is 0.661. The summed E-state index contributed by atoms with van der Waals surface area (Å²) in [5, 5.41) is 18.7. The van der Waals surface area contributed by atoms with E-state index < -0.39 is 5.69 Å². The molecular formula is C9H10N2O3. The van der Waals surface area contributed by atoms with Crippen molar-refractivity contribution in [2.45, 2.75) is 13.3 Å². The minimum atomic E-state index is -0.846. The van der Waals surface area contributed by atoms with Gasteiger partial charge in [0.15, 0.2) is 0 Å². The number of hydrogen-bond acceptors (Lipinski definition) is 3. The van der Waals surface area contributed by atoms with Gasteiger partial charge in [0, 0.05) is 0 Å². The summed E-state index contributed by atoms with van der Waals surface area (Å²) in [5.41, 5.74) is 0.648. The predicted molar refractivity (Wildman–Crippen MR) is 49.9 cm³/mol. The van der Waals surface area contributed by atoms with Gasteiger partial charge in [0.25, 0.3) is 0 Å². The summed E-state index contributed by atoms with van der Waals surface area (Å²) in [7, 11) is 0. The van der Waals surface area contributed by atoms with E-state index in [-0.39, 0.29) is 0 Å². The Labute approximate surface area is 79.3 Å². The van der Waals surface area contributed by atoms with Crippen LogP contribution in [-0.4, -0.2) is 19.9 Å². The van der Waals surface area contributed by atoms with Crippen molar-refractivity contribution in [3.05, 3.63) is 34.2 Å². The van der Waals surface area contributed by atoms with Gasteiger partial charge in [0.05, 0.1) is 0 Å². The molecule has 2 rings (SSSR count). The SMILES string of the molecule is CCc1cccc2c1n(O)c(=O)n2O. The maximum Gasteiger partial charge on any atom is 0.394 e. The van der Waals surface area contributed by atoms with Gasteiger partial charge in [0.1, 0.15) is 11.0 Å². The van der Waals surface area contributed by atoms with Gasteiger partial charge in [-0.3, -0.25) is 0 Å². The monoisotopic (exact) mass is 194 g/mol. The van der Waals surface area contributed by atoms with E-state index in [0.29, 0.717) is 26.9 Å². The van der Waals surface area contributed by atoms with E-state index in [0.717, 1.165) is 5.56 Å². The van der Waals surface area contributed by atoms with E-state index in [9.17, 15) is 15.2 Å². The van der Waals surface area contributed by atoms with Crippen molar-refractivity contribution < 1.29 is 10.4 Å². The Kier molecular flexibility index (Phi) is 1.73. The van der Waals surface area contributed by atoms with Gasteiger partial charge in [-0.25, -0.2) is 4.79 Å². The van der Waals surface area contributed by atoms with Crippen molar-refractivity contribution in [1.82, 2.24) is 9.46 Å². The molecule has 0 atom stereocenters. The first-order chi connectivity index (χ1) is 6.66. The highest BCUT2D eigenvalue weighted by molar-refractivity contribution is 5.79. The Morgan fingerprint density at radius 2 is 2.00 bits per heavy atom. The molecule has 0 saturated heterocycles. The summed E-state index contributed by atoms with van der Waals surface area (Å²) >= 11 is 0. The molecule has 0 unspecified atom stereocenters. The maximum absolute atomic E-state index is 11.2. The van der Waals surface area contributed by atoms with E-state index in [2.05, 4.69) is 0 Å². The average molecular weight is 194 g/mol. The van der Waals surface area contributed by atoms with Crippen LogP contribution in [0.2, 0.25) is 0 Å². The van der Waals surface area contributed by atoms with Crippen LogP contribution in [-0.2, 0) is 6.42 Å². The number of nitrogens with zero attached hydrogens (tertiary/aromatic N) is 2. The van der Waals surface area contributed by atoms with Crippen LogP contribution in [0.25, 0.3) is 11.0 Å². The second-order valence-corrected chi connectivity index (χ2v) is 3.04. The lowest BCUT2D eigenvalue weighted by molar-refractivity contribution is 0.137. The highest BCUT2D eigenvalue weighted by Crippen LogP contribution is 2.16. The molecule has 0 aliphatic rings. The molecule has 2 aromatic rings. The van der Waals surface area contributed by atoms with Crippen LogP contribution < -0.4 is 5.69 Å². The summed E-state index contributed by atoms with van der Waals surface area (Å²) in [6.07, 6.45) is 0.682. The molecule has 0 amide bonds. The average Bonchev–Trinajstić information content (AvgIpc) is 2.44. The molecule has 0 radical (unpaired) electrons. The molecule has 0 fully saturated rings. The van der Waals surface area contributed by atoms with E-state index in [1.54, 1.807) is 18.2 Å². The van der Waals surface area contributed by atoms with Crippen LogP contribution in [0.4, 0.5) is 0 Å². The third-order valence-corrected chi connectivity index (χ3v) is 2.28. The first-order valence-corrected chi connectivity index (χ1v) is 4.30. The van der Waals surface area contributed by atoms with Crippen LogP contribution >= 0.6 is 0 Å². The van der Waals surface area contributed by atoms with Gasteiger partial charge < -0.3 is 10.4 Å². The van der Waals surface area contributed by atoms with Gasteiger partial charge in [0.2, 0.25) is 0 Å². The van der Waals surface area contributed by atoms with Crippen LogP contribution in [0.1, 0.15) is 12.5 Å². The second kappa shape index (κ2) is 2.80. The Morgan fingerprint density at radius 3 is 2.64 bits per heavy atom. The van der Waals surface area contributed by atoms with Gasteiger partial charge in [-0.2, -0.15) is 0 Å². The number of hydrogen-bond donors (Lipinski definition) is 2. The molecule has 5 heteroatoms. The summed E-state index contributed by atoms with van der Waals surface area (Å²) in [6.45, 7) is 1.91. The van der Waals surface area contributed by atoms with Crippen LogP contribution in [0.3, 0.4) is 0 Å². The lowest BCUT2D eigenvalue weighted by Crippen LogP contribution is -2.20. The fourth-order valence-corrected chi connectivity index (χ4v) is 1.57. The molecule has 0 spiro atoms. The Bertz CT molecular complexity index is 539. The number of para-hydroxylation sites is 1. The molecule has 14 heavy (non-hydrogen) atoms. The molecule has 0 bridgehead atoms. The van der Waals surface area contributed by atoms with E-state index in [1.807, 2.05) is 6.92 Å². The lowest BCUT2D eigenvalue weighted by Gasteiger charge is -1.99. The summed E-state index contributed by atoms with van der Waals surface area (Å²) in [6, 6.07) is 5.10. The molecular weight excluding hydrogens is 184 g/mol. The van der Waals surface area contributed by atoms with Gasteiger partial charge in [-0.05, 0) is 18.1 Å². The fraction of sp³-hybridized carbons (Fsp3) is 0.222. The Morgan fingerprint density at radius 1 is 1.29 bits per heavy atom. The van der Waals surface area contributed by atoms with E-state index >= 15 is 0 Å². The first-order valence-electron chi connectivity index (χ1n) is 4.30. The maximum atomic E-state index is 11.2. The third-order valence-electron chi connectivity index (χ3n) is 2.28. The zero-order chi connectivity index (χ0) is 10.3. The zero-order valence-corrected chi connectivity index (χ0v) is 7.64. The summed E-state index contributed by atoms with van der Waals surface area (Å²) < 4.78 is 0.905. The standard InChI is InChI=1S/C9H10N2O3/c1-2-6-4-3-5-7-8(6)11(14)9(12)10(7)13/h3-5,13-14H,2H2,1H3. The predicted octanol–water partition coefficient (Wildman–Crippen LogP) is 0.840. The summed E-state index contributed by atoms with van der Waals surface area (Å²) in [4.78, 5) is 11.2. The van der Waals surface area contributed by atoms with Crippen molar-refractivity contribution in [3.8, 4) is 0 Å². The highest BCUT2D eigenvalue weighted by atomic mass is 16.5. The largest absolute Gasteiger partial charge is 0.423 e. The highest BCUT2D eigenvalue weighted by Gasteiger charge is 2.13. The normalized spacial score (nSPS) is 10.9.